The zero-order valence-electron chi connectivity index (χ0n) is 16.8. The highest BCUT2D eigenvalue weighted by Gasteiger charge is 2.50. The van der Waals surface area contributed by atoms with Gasteiger partial charge < -0.3 is 14.9 Å². The Bertz CT molecular complexity index is 1340. The number of benzene rings is 2. The Hall–Kier alpha value is -4.21. The SMILES string of the molecule is CCn1c(=O)c(=O)[nH]c2cc(C(=O)NN3C(=O)N[C@](C)(c4ccccc4)C3=O)ccc21. The van der Waals surface area contributed by atoms with Crippen molar-refractivity contribution in [3.8, 4) is 0 Å². The predicted molar refractivity (Wildman–Crippen MR) is 111 cm³/mol. The van der Waals surface area contributed by atoms with Crippen LogP contribution in [0.2, 0.25) is 0 Å². The molecule has 3 N–H and O–H groups in total. The van der Waals surface area contributed by atoms with Crippen molar-refractivity contribution in [2.24, 2.45) is 0 Å². The largest absolute Gasteiger partial charge is 0.344 e. The number of urea groups is 1. The fourth-order valence-electron chi connectivity index (χ4n) is 3.61. The molecule has 1 fully saturated rings. The van der Waals surface area contributed by atoms with Crippen molar-refractivity contribution in [3.05, 3.63) is 80.4 Å². The van der Waals surface area contributed by atoms with E-state index in [0.29, 0.717) is 16.1 Å². The van der Waals surface area contributed by atoms with E-state index in [0.717, 1.165) is 0 Å². The summed E-state index contributed by atoms with van der Waals surface area (Å²) in [4.78, 5) is 64.4. The molecule has 1 aromatic heterocycles. The van der Waals surface area contributed by atoms with Crippen molar-refractivity contribution in [1.29, 1.82) is 0 Å². The molecule has 0 unspecified atom stereocenters. The van der Waals surface area contributed by atoms with Crippen LogP contribution in [0.25, 0.3) is 11.0 Å². The van der Waals surface area contributed by atoms with Gasteiger partial charge in [0, 0.05) is 12.1 Å². The number of aryl methyl sites for hydroxylation is 1. The van der Waals surface area contributed by atoms with Crippen molar-refractivity contribution >= 4 is 28.9 Å². The van der Waals surface area contributed by atoms with Crippen molar-refractivity contribution in [2.75, 3.05) is 0 Å². The van der Waals surface area contributed by atoms with Crippen LogP contribution in [-0.4, -0.2) is 32.4 Å². The first-order chi connectivity index (χ1) is 14.8. The van der Waals surface area contributed by atoms with Gasteiger partial charge in [0.2, 0.25) is 0 Å². The van der Waals surface area contributed by atoms with Crippen LogP contribution in [0.4, 0.5) is 4.79 Å². The van der Waals surface area contributed by atoms with E-state index >= 15 is 0 Å². The second kappa shape index (κ2) is 7.24. The van der Waals surface area contributed by atoms with Crippen LogP contribution in [0.3, 0.4) is 0 Å². The van der Waals surface area contributed by atoms with Gasteiger partial charge in [-0.25, -0.2) is 4.79 Å². The Labute approximate surface area is 175 Å². The normalized spacial score (nSPS) is 18.3. The summed E-state index contributed by atoms with van der Waals surface area (Å²) in [6, 6.07) is 12.3. The van der Waals surface area contributed by atoms with Gasteiger partial charge in [0.05, 0.1) is 11.0 Å². The number of aromatic amines is 1. The van der Waals surface area contributed by atoms with Gasteiger partial charge in [-0.15, -0.1) is 0 Å². The second-order valence-corrected chi connectivity index (χ2v) is 7.24. The minimum Gasteiger partial charge on any atom is -0.318 e. The van der Waals surface area contributed by atoms with Gasteiger partial charge in [0.25, 0.3) is 11.8 Å². The molecule has 10 heteroatoms. The molecule has 3 aromatic rings. The Morgan fingerprint density at radius 2 is 1.77 bits per heavy atom. The average Bonchev–Trinajstić information content (AvgIpc) is 2.99. The molecule has 1 saturated heterocycles. The Morgan fingerprint density at radius 3 is 2.45 bits per heavy atom. The van der Waals surface area contributed by atoms with E-state index < -0.39 is 34.5 Å². The summed E-state index contributed by atoms with van der Waals surface area (Å²) in [5.74, 6) is -1.36. The van der Waals surface area contributed by atoms with Gasteiger partial charge in [-0.3, -0.25) is 24.6 Å². The predicted octanol–water partition coefficient (Wildman–Crippen LogP) is 0.822. The number of aromatic nitrogens is 2. The van der Waals surface area contributed by atoms with E-state index in [2.05, 4.69) is 15.7 Å². The summed E-state index contributed by atoms with van der Waals surface area (Å²) in [6.45, 7) is 3.56. The van der Waals surface area contributed by atoms with Crippen molar-refractivity contribution in [3.63, 3.8) is 0 Å². The molecule has 4 amide bonds. The van der Waals surface area contributed by atoms with Crippen LogP contribution in [-0.2, 0) is 16.9 Å². The highest BCUT2D eigenvalue weighted by atomic mass is 16.2. The van der Waals surface area contributed by atoms with E-state index in [4.69, 9.17) is 0 Å². The van der Waals surface area contributed by atoms with Gasteiger partial charge in [0.15, 0.2) is 0 Å². The average molecular weight is 421 g/mol. The quantitative estimate of drug-likeness (QED) is 0.424. The zero-order valence-corrected chi connectivity index (χ0v) is 16.8. The Balaban J connectivity index is 1.64. The van der Waals surface area contributed by atoms with Gasteiger partial charge in [0.1, 0.15) is 5.54 Å². The number of imide groups is 1. The highest BCUT2D eigenvalue weighted by Crippen LogP contribution is 2.27. The standard InChI is InChI=1S/C21H19N5O5/c1-3-25-15-10-9-12(11-14(15)22-17(28)18(25)29)16(27)24-26-19(30)21(2,23-20(26)31)13-7-5-4-6-8-13/h4-11H,3H2,1-2H3,(H,22,28)(H,23,31)(H,24,27)/t21-/m1/s1. The summed E-state index contributed by atoms with van der Waals surface area (Å²) in [5, 5.41) is 3.23. The van der Waals surface area contributed by atoms with Crippen molar-refractivity contribution in [1.82, 2.24) is 25.3 Å². The van der Waals surface area contributed by atoms with Crippen LogP contribution in [0.1, 0.15) is 29.8 Å². The molecule has 0 radical (unpaired) electrons. The lowest BCUT2D eigenvalue weighted by molar-refractivity contribution is -0.132. The van der Waals surface area contributed by atoms with Gasteiger partial charge in [-0.2, -0.15) is 5.01 Å². The number of carbonyl (C=O) groups excluding carboxylic acids is 3. The fraction of sp³-hybridized carbons (Fsp3) is 0.190. The first-order valence-corrected chi connectivity index (χ1v) is 9.56. The molecule has 31 heavy (non-hydrogen) atoms. The molecule has 0 bridgehead atoms. The number of hydrogen-bond acceptors (Lipinski definition) is 5. The van der Waals surface area contributed by atoms with Gasteiger partial charge in [-0.1, -0.05) is 30.3 Å². The molecule has 2 heterocycles. The second-order valence-electron chi connectivity index (χ2n) is 7.24. The molecule has 0 saturated carbocycles. The molecule has 1 aliphatic rings. The Kier molecular flexibility index (Phi) is 4.69. The van der Waals surface area contributed by atoms with E-state index in [9.17, 15) is 24.0 Å². The number of nitrogens with one attached hydrogen (secondary N) is 3. The topological polar surface area (TPSA) is 133 Å². The smallest absolute Gasteiger partial charge is 0.318 e. The maximum Gasteiger partial charge on any atom is 0.344 e. The number of carbonyl (C=O) groups is 3. The first kappa shape index (κ1) is 20.1. The van der Waals surface area contributed by atoms with Crippen LogP contribution < -0.4 is 21.9 Å². The lowest BCUT2D eigenvalue weighted by atomic mass is 9.92. The monoisotopic (exact) mass is 421 g/mol. The minimum atomic E-state index is -1.32. The van der Waals surface area contributed by atoms with Crippen molar-refractivity contribution in [2.45, 2.75) is 25.9 Å². The number of hydrogen-bond donors (Lipinski definition) is 3. The third-order valence-electron chi connectivity index (χ3n) is 5.31. The third kappa shape index (κ3) is 3.18. The summed E-state index contributed by atoms with van der Waals surface area (Å²) in [6.07, 6.45) is 0. The zero-order chi connectivity index (χ0) is 22.3. The molecular weight excluding hydrogens is 402 g/mol. The van der Waals surface area contributed by atoms with Crippen LogP contribution in [0.15, 0.2) is 58.1 Å². The lowest BCUT2D eigenvalue weighted by Crippen LogP contribution is -2.47. The fourth-order valence-corrected chi connectivity index (χ4v) is 3.61. The van der Waals surface area contributed by atoms with E-state index in [1.165, 1.54) is 22.8 Å². The molecule has 1 aliphatic heterocycles. The highest BCUT2D eigenvalue weighted by molar-refractivity contribution is 6.09. The maximum atomic E-state index is 12.9. The molecular formula is C21H19N5O5. The number of fused-ring (bicyclic) bond motifs is 1. The number of nitrogens with zero attached hydrogens (tertiary/aromatic N) is 2. The van der Waals surface area contributed by atoms with E-state index in [1.54, 1.807) is 44.2 Å². The molecule has 2 aromatic carbocycles. The summed E-state index contributed by atoms with van der Waals surface area (Å²) >= 11 is 0. The number of H-pyrrole nitrogens is 1. The van der Waals surface area contributed by atoms with E-state index in [1.807, 2.05) is 0 Å². The molecule has 10 nitrogen and oxygen atoms in total. The summed E-state index contributed by atoms with van der Waals surface area (Å²) in [5.41, 5.74) is 0.903. The van der Waals surface area contributed by atoms with E-state index in [-0.39, 0.29) is 17.6 Å². The van der Waals surface area contributed by atoms with Gasteiger partial charge >= 0.3 is 17.1 Å². The van der Waals surface area contributed by atoms with Crippen LogP contribution >= 0.6 is 0 Å². The molecule has 1 atom stereocenters. The minimum absolute atomic E-state index is 0.0957. The third-order valence-corrected chi connectivity index (χ3v) is 5.31. The summed E-state index contributed by atoms with van der Waals surface area (Å²) < 4.78 is 1.29. The molecule has 158 valence electrons. The lowest BCUT2D eigenvalue weighted by Gasteiger charge is -2.22. The molecule has 0 aliphatic carbocycles. The number of amides is 4. The molecule has 0 spiro atoms. The van der Waals surface area contributed by atoms with Crippen molar-refractivity contribution < 1.29 is 14.4 Å². The number of hydrazine groups is 1. The first-order valence-electron chi connectivity index (χ1n) is 9.56. The summed E-state index contributed by atoms with van der Waals surface area (Å²) in [7, 11) is 0. The number of rotatable bonds is 4. The molecule has 4 rings (SSSR count). The van der Waals surface area contributed by atoms with Crippen LogP contribution in [0, 0.1) is 0 Å². The Morgan fingerprint density at radius 1 is 1.06 bits per heavy atom. The maximum absolute atomic E-state index is 12.9. The van der Waals surface area contributed by atoms with Gasteiger partial charge in [-0.05, 0) is 37.6 Å². The van der Waals surface area contributed by atoms with Crippen LogP contribution in [0.5, 0.6) is 0 Å².